The number of anilines is 1. The largest absolute Gasteiger partial charge is 0.375 e. The van der Waals surface area contributed by atoms with Gasteiger partial charge in [0.05, 0.1) is 23.6 Å². The van der Waals surface area contributed by atoms with E-state index < -0.39 is 0 Å². The van der Waals surface area contributed by atoms with E-state index >= 15 is 0 Å². The van der Waals surface area contributed by atoms with Gasteiger partial charge in [0, 0.05) is 14.1 Å². The van der Waals surface area contributed by atoms with Crippen LogP contribution in [0.15, 0.2) is 30.3 Å². The van der Waals surface area contributed by atoms with Crippen molar-refractivity contribution in [3.8, 4) is 0 Å². The Morgan fingerprint density at radius 3 is 2.29 bits per heavy atom. The monoisotopic (exact) mass is 229 g/mol. The van der Waals surface area contributed by atoms with Crippen LogP contribution in [-0.4, -0.2) is 23.9 Å². The zero-order valence-corrected chi connectivity index (χ0v) is 10.9. The molecule has 0 aliphatic rings. The lowest BCUT2D eigenvalue weighted by atomic mass is 10.2. The lowest BCUT2D eigenvalue weighted by molar-refractivity contribution is 0.659. The first-order valence-electron chi connectivity index (χ1n) is 5.85. The number of aromatic nitrogens is 2. The second-order valence-electron chi connectivity index (χ2n) is 4.56. The second-order valence-corrected chi connectivity index (χ2v) is 4.56. The summed E-state index contributed by atoms with van der Waals surface area (Å²) in [5.74, 6) is 0. The van der Waals surface area contributed by atoms with E-state index in [1.165, 1.54) is 16.9 Å². The number of hydrogen-bond donors (Lipinski definition) is 0. The highest BCUT2D eigenvalue weighted by atomic mass is 15.3. The molecule has 0 saturated heterocycles. The maximum atomic E-state index is 4.60. The van der Waals surface area contributed by atoms with Gasteiger partial charge in [0.25, 0.3) is 0 Å². The predicted molar refractivity (Wildman–Crippen MR) is 71.6 cm³/mol. The highest BCUT2D eigenvalue weighted by Gasteiger charge is 2.12. The molecule has 0 unspecified atom stereocenters. The van der Waals surface area contributed by atoms with E-state index in [2.05, 4.69) is 66.9 Å². The molecule has 90 valence electrons. The SMILES string of the molecule is Cc1nn(Cc2ccccc2)c(C)c1N(C)C. The van der Waals surface area contributed by atoms with Gasteiger partial charge < -0.3 is 4.90 Å². The Morgan fingerprint density at radius 1 is 1.12 bits per heavy atom. The number of hydrogen-bond acceptors (Lipinski definition) is 2. The quantitative estimate of drug-likeness (QED) is 0.806. The first-order chi connectivity index (χ1) is 8.09. The van der Waals surface area contributed by atoms with Gasteiger partial charge in [-0.25, -0.2) is 0 Å². The van der Waals surface area contributed by atoms with Crippen LogP contribution in [0.3, 0.4) is 0 Å². The molecule has 0 aliphatic carbocycles. The lowest BCUT2D eigenvalue weighted by Gasteiger charge is -2.12. The number of rotatable bonds is 3. The summed E-state index contributed by atoms with van der Waals surface area (Å²) in [6.07, 6.45) is 0. The van der Waals surface area contributed by atoms with Crippen LogP contribution >= 0.6 is 0 Å². The molecule has 2 aromatic rings. The topological polar surface area (TPSA) is 21.1 Å². The van der Waals surface area contributed by atoms with Gasteiger partial charge in [0.1, 0.15) is 0 Å². The minimum Gasteiger partial charge on any atom is -0.375 e. The third kappa shape index (κ3) is 2.33. The Kier molecular flexibility index (Phi) is 3.18. The predicted octanol–water partition coefficient (Wildman–Crippen LogP) is 2.61. The van der Waals surface area contributed by atoms with Gasteiger partial charge in [0.2, 0.25) is 0 Å². The Labute approximate surface area is 103 Å². The maximum Gasteiger partial charge on any atom is 0.0829 e. The molecule has 0 bridgehead atoms. The summed E-state index contributed by atoms with van der Waals surface area (Å²) >= 11 is 0. The van der Waals surface area contributed by atoms with E-state index in [9.17, 15) is 0 Å². The van der Waals surface area contributed by atoms with Crippen LogP contribution in [0.1, 0.15) is 17.0 Å². The van der Waals surface area contributed by atoms with Crippen LogP contribution in [0.2, 0.25) is 0 Å². The molecule has 17 heavy (non-hydrogen) atoms. The van der Waals surface area contributed by atoms with Crippen molar-refractivity contribution in [3.63, 3.8) is 0 Å². The van der Waals surface area contributed by atoms with Crippen molar-refractivity contribution in [2.75, 3.05) is 19.0 Å². The molecule has 0 spiro atoms. The molecule has 0 fully saturated rings. The van der Waals surface area contributed by atoms with Gasteiger partial charge in [-0.15, -0.1) is 0 Å². The zero-order chi connectivity index (χ0) is 12.4. The van der Waals surface area contributed by atoms with Crippen molar-refractivity contribution >= 4 is 5.69 Å². The smallest absolute Gasteiger partial charge is 0.0829 e. The summed E-state index contributed by atoms with van der Waals surface area (Å²) in [6.45, 7) is 5.02. The van der Waals surface area contributed by atoms with Gasteiger partial charge in [-0.1, -0.05) is 30.3 Å². The molecule has 0 atom stereocenters. The molecule has 1 heterocycles. The first-order valence-corrected chi connectivity index (χ1v) is 5.85. The van der Waals surface area contributed by atoms with E-state index in [1.54, 1.807) is 0 Å². The highest BCUT2D eigenvalue weighted by Crippen LogP contribution is 2.22. The minimum absolute atomic E-state index is 0.835. The molecule has 3 heteroatoms. The Balaban J connectivity index is 2.32. The normalized spacial score (nSPS) is 10.6. The number of benzene rings is 1. The van der Waals surface area contributed by atoms with Gasteiger partial charge in [-0.3, -0.25) is 4.68 Å². The number of nitrogens with zero attached hydrogens (tertiary/aromatic N) is 3. The summed E-state index contributed by atoms with van der Waals surface area (Å²) in [5.41, 5.74) is 4.81. The van der Waals surface area contributed by atoms with Crippen molar-refractivity contribution in [2.24, 2.45) is 0 Å². The molecule has 0 saturated carbocycles. The van der Waals surface area contributed by atoms with E-state index in [1.807, 2.05) is 6.07 Å². The summed E-state index contributed by atoms with van der Waals surface area (Å²) in [6, 6.07) is 10.4. The molecule has 2 rings (SSSR count). The summed E-state index contributed by atoms with van der Waals surface area (Å²) in [4.78, 5) is 2.12. The highest BCUT2D eigenvalue weighted by molar-refractivity contribution is 5.53. The summed E-state index contributed by atoms with van der Waals surface area (Å²) < 4.78 is 2.07. The van der Waals surface area contributed by atoms with Gasteiger partial charge in [-0.05, 0) is 19.4 Å². The molecule has 0 amide bonds. The third-order valence-corrected chi connectivity index (χ3v) is 2.97. The summed E-state index contributed by atoms with van der Waals surface area (Å²) in [5, 5.41) is 4.60. The standard InChI is InChI=1S/C14H19N3/c1-11-14(16(3)4)12(2)17(15-11)10-13-8-6-5-7-9-13/h5-9H,10H2,1-4H3. The molecule has 0 N–H and O–H groups in total. The van der Waals surface area contributed by atoms with Gasteiger partial charge in [-0.2, -0.15) is 5.10 Å². The van der Waals surface area contributed by atoms with Crippen LogP contribution in [-0.2, 0) is 6.54 Å². The zero-order valence-electron chi connectivity index (χ0n) is 10.9. The average molecular weight is 229 g/mol. The second kappa shape index (κ2) is 4.62. The van der Waals surface area contributed by atoms with Crippen LogP contribution in [0.5, 0.6) is 0 Å². The molecular weight excluding hydrogens is 210 g/mol. The van der Waals surface area contributed by atoms with Crippen molar-refractivity contribution < 1.29 is 0 Å². The fourth-order valence-corrected chi connectivity index (χ4v) is 2.24. The first kappa shape index (κ1) is 11.7. The minimum atomic E-state index is 0.835. The third-order valence-electron chi connectivity index (χ3n) is 2.97. The van der Waals surface area contributed by atoms with Crippen LogP contribution in [0.4, 0.5) is 5.69 Å². The number of aryl methyl sites for hydroxylation is 1. The fraction of sp³-hybridized carbons (Fsp3) is 0.357. The van der Waals surface area contributed by atoms with E-state index in [0.717, 1.165) is 12.2 Å². The van der Waals surface area contributed by atoms with E-state index in [4.69, 9.17) is 0 Å². The van der Waals surface area contributed by atoms with Crippen molar-refractivity contribution in [2.45, 2.75) is 20.4 Å². The van der Waals surface area contributed by atoms with Crippen LogP contribution in [0, 0.1) is 13.8 Å². The molecule has 1 aromatic heterocycles. The molecule has 1 aromatic carbocycles. The van der Waals surface area contributed by atoms with Crippen molar-refractivity contribution in [1.29, 1.82) is 0 Å². The van der Waals surface area contributed by atoms with Gasteiger partial charge >= 0.3 is 0 Å². The Bertz CT molecular complexity index is 498. The summed E-state index contributed by atoms with van der Waals surface area (Å²) in [7, 11) is 4.12. The lowest BCUT2D eigenvalue weighted by Crippen LogP contribution is -2.11. The van der Waals surface area contributed by atoms with Crippen molar-refractivity contribution in [1.82, 2.24) is 9.78 Å². The maximum absolute atomic E-state index is 4.60. The fourth-order valence-electron chi connectivity index (χ4n) is 2.24. The molecule has 0 aliphatic heterocycles. The molecular formula is C14H19N3. The van der Waals surface area contributed by atoms with Gasteiger partial charge in [0.15, 0.2) is 0 Å². The molecule has 3 nitrogen and oxygen atoms in total. The Hall–Kier alpha value is -1.77. The molecule has 0 radical (unpaired) electrons. The van der Waals surface area contributed by atoms with Crippen molar-refractivity contribution in [3.05, 3.63) is 47.3 Å². The van der Waals surface area contributed by atoms with E-state index in [-0.39, 0.29) is 0 Å². The Morgan fingerprint density at radius 2 is 1.76 bits per heavy atom. The van der Waals surface area contributed by atoms with Crippen LogP contribution < -0.4 is 4.90 Å². The van der Waals surface area contributed by atoms with E-state index in [0.29, 0.717) is 0 Å². The van der Waals surface area contributed by atoms with Crippen LogP contribution in [0.25, 0.3) is 0 Å². The average Bonchev–Trinajstić information content (AvgIpc) is 2.55.